The standard InChI is InChI=1S/C19H27F2N3O2/c1-3-22-19(23-10-7-15-13-16(20)5-6-17(15)21)24-11-8-14(9-12-24)18(25)26-4-2/h5-6,13-14H,3-4,7-12H2,1-2H3,(H,22,23). The van der Waals surface area contributed by atoms with Crippen molar-refractivity contribution in [1.29, 1.82) is 0 Å². The summed E-state index contributed by atoms with van der Waals surface area (Å²) in [5.74, 6) is -0.307. The first kappa shape index (κ1) is 20.1. The molecule has 1 aliphatic rings. The van der Waals surface area contributed by atoms with Gasteiger partial charge in [-0.2, -0.15) is 0 Å². The van der Waals surface area contributed by atoms with E-state index >= 15 is 0 Å². The van der Waals surface area contributed by atoms with E-state index in [2.05, 4.69) is 15.2 Å². The fraction of sp³-hybridized carbons (Fsp3) is 0.579. The third kappa shape index (κ3) is 5.68. The molecule has 1 N–H and O–H groups in total. The van der Waals surface area contributed by atoms with Gasteiger partial charge in [-0.3, -0.25) is 9.79 Å². The molecule has 5 nitrogen and oxygen atoms in total. The molecule has 0 aromatic heterocycles. The lowest BCUT2D eigenvalue weighted by atomic mass is 9.97. The Labute approximate surface area is 153 Å². The number of rotatable bonds is 6. The van der Waals surface area contributed by atoms with E-state index < -0.39 is 11.6 Å². The number of carbonyl (C=O) groups is 1. The Morgan fingerprint density at radius 1 is 1.31 bits per heavy atom. The van der Waals surface area contributed by atoms with Gasteiger partial charge in [0.25, 0.3) is 0 Å². The number of esters is 1. The Morgan fingerprint density at radius 2 is 2.04 bits per heavy atom. The van der Waals surface area contributed by atoms with Crippen LogP contribution in [0.1, 0.15) is 32.3 Å². The minimum absolute atomic E-state index is 0.0598. The number of nitrogens with zero attached hydrogens (tertiary/aromatic N) is 2. The van der Waals surface area contributed by atoms with Crippen molar-refractivity contribution in [2.75, 3.05) is 32.8 Å². The lowest BCUT2D eigenvalue weighted by Crippen LogP contribution is -2.46. The molecular weight excluding hydrogens is 340 g/mol. The molecule has 1 aromatic carbocycles. The maximum Gasteiger partial charge on any atom is 0.309 e. The number of piperidine rings is 1. The number of guanidine groups is 1. The Kier molecular flexibility index (Phi) is 7.81. The summed E-state index contributed by atoms with van der Waals surface area (Å²) < 4.78 is 32.0. The zero-order chi connectivity index (χ0) is 18.9. The van der Waals surface area contributed by atoms with Crippen LogP contribution in [0.15, 0.2) is 23.2 Å². The van der Waals surface area contributed by atoms with Crippen molar-refractivity contribution in [3.05, 3.63) is 35.4 Å². The lowest BCUT2D eigenvalue weighted by Gasteiger charge is -2.33. The minimum atomic E-state index is -0.446. The molecule has 7 heteroatoms. The van der Waals surface area contributed by atoms with E-state index in [1.165, 1.54) is 6.07 Å². The Morgan fingerprint density at radius 3 is 2.69 bits per heavy atom. The second kappa shape index (κ2) is 10.1. The molecule has 0 bridgehead atoms. The number of nitrogens with one attached hydrogen (secondary N) is 1. The van der Waals surface area contributed by atoms with Gasteiger partial charge in [0.2, 0.25) is 0 Å². The smallest absolute Gasteiger partial charge is 0.309 e. The molecule has 2 rings (SSSR count). The van der Waals surface area contributed by atoms with Crippen molar-refractivity contribution in [2.24, 2.45) is 10.9 Å². The van der Waals surface area contributed by atoms with Gasteiger partial charge in [0.15, 0.2) is 5.96 Å². The molecule has 0 aliphatic carbocycles. The molecule has 0 atom stereocenters. The summed E-state index contributed by atoms with van der Waals surface area (Å²) in [4.78, 5) is 18.5. The number of carbonyl (C=O) groups excluding carboxylic acids is 1. The van der Waals surface area contributed by atoms with E-state index in [0.717, 1.165) is 30.9 Å². The largest absolute Gasteiger partial charge is 0.466 e. The summed E-state index contributed by atoms with van der Waals surface area (Å²) in [6.07, 6.45) is 1.78. The van der Waals surface area contributed by atoms with Crippen LogP contribution in [0, 0.1) is 17.6 Å². The second-order valence-corrected chi connectivity index (χ2v) is 6.23. The second-order valence-electron chi connectivity index (χ2n) is 6.23. The zero-order valence-corrected chi connectivity index (χ0v) is 15.4. The maximum absolute atomic E-state index is 13.7. The monoisotopic (exact) mass is 367 g/mol. The molecule has 1 fully saturated rings. The highest BCUT2D eigenvalue weighted by molar-refractivity contribution is 5.80. The van der Waals surface area contributed by atoms with Gasteiger partial charge in [0.05, 0.1) is 12.5 Å². The average molecular weight is 367 g/mol. The summed E-state index contributed by atoms with van der Waals surface area (Å²) in [5.41, 5.74) is 0.325. The number of ether oxygens (including phenoxy) is 1. The fourth-order valence-corrected chi connectivity index (χ4v) is 3.03. The Balaban J connectivity index is 1.92. The first-order valence-corrected chi connectivity index (χ1v) is 9.19. The maximum atomic E-state index is 13.7. The summed E-state index contributed by atoms with van der Waals surface area (Å²) in [6.45, 7) is 6.69. The van der Waals surface area contributed by atoms with Crippen molar-refractivity contribution in [3.8, 4) is 0 Å². The molecule has 1 aliphatic heterocycles. The van der Waals surface area contributed by atoms with E-state index in [-0.39, 0.29) is 11.9 Å². The van der Waals surface area contributed by atoms with Crippen LogP contribution in [0.5, 0.6) is 0 Å². The molecular formula is C19H27F2N3O2. The topological polar surface area (TPSA) is 53.9 Å². The van der Waals surface area contributed by atoms with Crippen LogP contribution in [0.2, 0.25) is 0 Å². The molecule has 144 valence electrons. The van der Waals surface area contributed by atoms with Crippen LogP contribution in [-0.4, -0.2) is 49.6 Å². The molecule has 26 heavy (non-hydrogen) atoms. The zero-order valence-electron chi connectivity index (χ0n) is 15.4. The Hall–Kier alpha value is -2.18. The molecule has 0 radical (unpaired) electrons. The Bertz CT molecular complexity index is 629. The van der Waals surface area contributed by atoms with Gasteiger partial charge in [0, 0.05) is 26.2 Å². The third-order valence-corrected chi connectivity index (χ3v) is 4.40. The third-order valence-electron chi connectivity index (χ3n) is 4.40. The summed E-state index contributed by atoms with van der Waals surface area (Å²) >= 11 is 0. The van der Waals surface area contributed by atoms with Crippen LogP contribution >= 0.6 is 0 Å². The molecule has 0 spiro atoms. The first-order chi connectivity index (χ1) is 12.5. The lowest BCUT2D eigenvalue weighted by molar-refractivity contribution is -0.149. The molecule has 0 unspecified atom stereocenters. The number of hydrogen-bond acceptors (Lipinski definition) is 3. The number of benzene rings is 1. The van der Waals surface area contributed by atoms with E-state index in [9.17, 15) is 13.6 Å². The predicted molar refractivity (Wildman–Crippen MR) is 97.0 cm³/mol. The van der Waals surface area contributed by atoms with Gasteiger partial charge in [0.1, 0.15) is 11.6 Å². The molecule has 0 amide bonds. The van der Waals surface area contributed by atoms with Crippen molar-refractivity contribution in [1.82, 2.24) is 10.2 Å². The van der Waals surface area contributed by atoms with Crippen LogP contribution in [0.25, 0.3) is 0 Å². The summed E-state index contributed by atoms with van der Waals surface area (Å²) in [5, 5.41) is 3.23. The van der Waals surface area contributed by atoms with E-state index in [4.69, 9.17) is 4.74 Å². The van der Waals surface area contributed by atoms with Crippen LogP contribution in [0.4, 0.5) is 8.78 Å². The van der Waals surface area contributed by atoms with Crippen LogP contribution < -0.4 is 5.32 Å². The number of halogens is 2. The summed E-state index contributed by atoms with van der Waals surface area (Å²) in [7, 11) is 0. The minimum Gasteiger partial charge on any atom is -0.466 e. The van der Waals surface area contributed by atoms with Gasteiger partial charge < -0.3 is 15.0 Å². The highest BCUT2D eigenvalue weighted by Gasteiger charge is 2.27. The van der Waals surface area contributed by atoms with E-state index in [0.29, 0.717) is 44.8 Å². The number of hydrogen-bond donors (Lipinski definition) is 1. The van der Waals surface area contributed by atoms with Gasteiger partial charge in [-0.15, -0.1) is 0 Å². The van der Waals surface area contributed by atoms with E-state index in [1.807, 2.05) is 13.8 Å². The highest BCUT2D eigenvalue weighted by atomic mass is 19.1. The number of likely N-dealkylation sites (tertiary alicyclic amines) is 1. The predicted octanol–water partition coefficient (Wildman–Crippen LogP) is 2.75. The average Bonchev–Trinajstić information content (AvgIpc) is 2.64. The van der Waals surface area contributed by atoms with Crippen LogP contribution in [-0.2, 0) is 16.0 Å². The van der Waals surface area contributed by atoms with Crippen molar-refractivity contribution in [2.45, 2.75) is 33.1 Å². The SMILES string of the molecule is CCNC(=NCCc1cc(F)ccc1F)N1CCC(C(=O)OCC)CC1. The molecule has 0 saturated carbocycles. The molecule has 1 saturated heterocycles. The van der Waals surface area contributed by atoms with Gasteiger partial charge in [-0.1, -0.05) is 0 Å². The molecule has 1 aromatic rings. The molecule has 1 heterocycles. The first-order valence-electron chi connectivity index (χ1n) is 9.19. The quantitative estimate of drug-likeness (QED) is 0.477. The number of aliphatic imine (C=N–C) groups is 1. The highest BCUT2D eigenvalue weighted by Crippen LogP contribution is 2.19. The van der Waals surface area contributed by atoms with E-state index in [1.54, 1.807) is 0 Å². The van der Waals surface area contributed by atoms with Crippen molar-refractivity contribution in [3.63, 3.8) is 0 Å². The van der Waals surface area contributed by atoms with Gasteiger partial charge in [-0.25, -0.2) is 8.78 Å². The normalized spacial score (nSPS) is 15.8. The van der Waals surface area contributed by atoms with Gasteiger partial charge >= 0.3 is 5.97 Å². The van der Waals surface area contributed by atoms with Crippen molar-refractivity contribution >= 4 is 11.9 Å². The van der Waals surface area contributed by atoms with Crippen LogP contribution in [0.3, 0.4) is 0 Å². The van der Waals surface area contributed by atoms with Crippen molar-refractivity contribution < 1.29 is 18.3 Å². The summed E-state index contributed by atoms with van der Waals surface area (Å²) in [6, 6.07) is 3.46. The fourth-order valence-electron chi connectivity index (χ4n) is 3.03. The van der Waals surface area contributed by atoms with Gasteiger partial charge in [-0.05, 0) is 56.9 Å².